The Bertz CT molecular complexity index is 900. The highest BCUT2D eigenvalue weighted by molar-refractivity contribution is 5.45. The van der Waals surface area contributed by atoms with Crippen molar-refractivity contribution in [2.45, 2.75) is 19.3 Å². The Morgan fingerprint density at radius 1 is 0.774 bits per heavy atom. The van der Waals surface area contributed by atoms with Crippen molar-refractivity contribution in [3.05, 3.63) is 47.5 Å². The van der Waals surface area contributed by atoms with Crippen molar-refractivity contribution >= 4 is 0 Å². The summed E-state index contributed by atoms with van der Waals surface area (Å²) < 4.78 is 27.3. The first-order valence-electron chi connectivity index (χ1n) is 10.7. The minimum Gasteiger partial charge on any atom is -0.454 e. The minimum atomic E-state index is -0.505. The third-order valence-corrected chi connectivity index (χ3v) is 5.79. The van der Waals surface area contributed by atoms with E-state index in [2.05, 4.69) is 21.9 Å². The van der Waals surface area contributed by atoms with E-state index in [0.717, 1.165) is 61.3 Å². The van der Waals surface area contributed by atoms with Gasteiger partial charge in [-0.2, -0.15) is 0 Å². The Hall–Kier alpha value is -2.52. The molecule has 0 bridgehead atoms. The smallest absolute Gasteiger partial charge is 0.231 e. The van der Waals surface area contributed by atoms with Gasteiger partial charge in [-0.1, -0.05) is 12.1 Å². The van der Waals surface area contributed by atoms with Crippen LogP contribution < -0.4 is 18.9 Å². The lowest BCUT2D eigenvalue weighted by atomic mass is 10.1. The summed E-state index contributed by atoms with van der Waals surface area (Å²) in [4.78, 5) is 4.72. The van der Waals surface area contributed by atoms with Crippen LogP contribution in [0.5, 0.6) is 23.0 Å². The fraction of sp³-hybridized carbons (Fsp3) is 0.478. The van der Waals surface area contributed by atoms with Crippen LogP contribution in [0.1, 0.15) is 11.1 Å². The quantitative estimate of drug-likeness (QED) is 0.683. The summed E-state index contributed by atoms with van der Waals surface area (Å²) in [7, 11) is 0. The van der Waals surface area contributed by atoms with Crippen LogP contribution in [-0.4, -0.2) is 73.9 Å². The van der Waals surface area contributed by atoms with Gasteiger partial charge in [-0.25, -0.2) is 0 Å². The van der Waals surface area contributed by atoms with Gasteiger partial charge in [-0.3, -0.25) is 9.80 Å². The Kier molecular flexibility index (Phi) is 6.13. The summed E-state index contributed by atoms with van der Waals surface area (Å²) in [6.07, 6.45) is -0.505. The van der Waals surface area contributed by atoms with Crippen LogP contribution in [0.4, 0.5) is 0 Å². The molecule has 8 heteroatoms. The van der Waals surface area contributed by atoms with E-state index >= 15 is 0 Å². The van der Waals surface area contributed by atoms with Crippen LogP contribution in [0, 0.1) is 0 Å². The van der Waals surface area contributed by atoms with Gasteiger partial charge in [0.15, 0.2) is 23.0 Å². The Morgan fingerprint density at radius 3 is 2.06 bits per heavy atom. The van der Waals surface area contributed by atoms with Gasteiger partial charge in [0, 0.05) is 39.3 Å². The van der Waals surface area contributed by atoms with Crippen LogP contribution >= 0.6 is 0 Å². The van der Waals surface area contributed by atoms with Crippen molar-refractivity contribution in [3.8, 4) is 23.0 Å². The summed E-state index contributed by atoms with van der Waals surface area (Å²) in [6, 6.07) is 11.9. The molecular weight excluding hydrogens is 400 g/mol. The molecule has 0 unspecified atom stereocenters. The van der Waals surface area contributed by atoms with Crippen LogP contribution in [0.15, 0.2) is 36.4 Å². The number of benzene rings is 2. The maximum Gasteiger partial charge on any atom is 0.231 e. The molecule has 1 N–H and O–H groups in total. The molecule has 8 nitrogen and oxygen atoms in total. The number of fused-ring (bicyclic) bond motifs is 2. The van der Waals surface area contributed by atoms with E-state index in [-0.39, 0.29) is 6.79 Å². The predicted molar refractivity (Wildman–Crippen MR) is 113 cm³/mol. The molecule has 1 saturated heterocycles. The molecule has 3 aliphatic heterocycles. The minimum absolute atomic E-state index is 0.266. The Morgan fingerprint density at radius 2 is 1.35 bits per heavy atom. The van der Waals surface area contributed by atoms with E-state index in [9.17, 15) is 5.11 Å². The zero-order valence-electron chi connectivity index (χ0n) is 17.5. The number of ether oxygens (including phenoxy) is 5. The first-order valence-corrected chi connectivity index (χ1v) is 10.7. The standard InChI is InChI=1S/C23H28N2O6/c26-19(14-27-13-18-2-4-21-23(10-18)31-16-29-21)12-25-7-5-24(6-8-25)11-17-1-3-20-22(9-17)30-15-28-20/h1-4,9-10,19,26H,5-8,11-16H2/t19-/m0/s1. The molecule has 0 radical (unpaired) electrons. The Labute approximate surface area is 181 Å². The SMILES string of the molecule is O[C@H](COCc1ccc2c(c1)OCO2)CN1CCN(Cc2ccc3c(c2)OCO3)CC1. The number of hydrogen-bond donors (Lipinski definition) is 1. The van der Waals surface area contributed by atoms with Gasteiger partial charge in [0.05, 0.1) is 19.3 Å². The lowest BCUT2D eigenvalue weighted by Gasteiger charge is -2.35. The predicted octanol–water partition coefficient (Wildman–Crippen LogP) is 1.84. The van der Waals surface area contributed by atoms with Crippen molar-refractivity contribution in [1.82, 2.24) is 9.80 Å². The van der Waals surface area contributed by atoms with Crippen molar-refractivity contribution in [1.29, 1.82) is 0 Å². The van der Waals surface area contributed by atoms with Gasteiger partial charge < -0.3 is 28.8 Å². The van der Waals surface area contributed by atoms with E-state index in [4.69, 9.17) is 23.7 Å². The molecule has 5 rings (SSSR count). The monoisotopic (exact) mass is 428 g/mol. The highest BCUT2D eigenvalue weighted by atomic mass is 16.7. The van der Waals surface area contributed by atoms with Crippen molar-refractivity contribution in [3.63, 3.8) is 0 Å². The number of nitrogens with zero attached hydrogens (tertiary/aromatic N) is 2. The Balaban J connectivity index is 1.01. The number of piperazine rings is 1. The number of aliphatic hydroxyl groups is 1. The van der Waals surface area contributed by atoms with Crippen LogP contribution in [0.3, 0.4) is 0 Å². The highest BCUT2D eigenvalue weighted by Crippen LogP contribution is 2.33. The molecule has 0 amide bonds. The van der Waals surface area contributed by atoms with E-state index in [1.807, 2.05) is 24.3 Å². The maximum atomic E-state index is 10.4. The van der Waals surface area contributed by atoms with Crippen molar-refractivity contribution in [2.24, 2.45) is 0 Å². The fourth-order valence-electron chi connectivity index (χ4n) is 4.12. The second-order valence-electron chi connectivity index (χ2n) is 8.12. The third kappa shape index (κ3) is 5.04. The average molecular weight is 428 g/mol. The van der Waals surface area contributed by atoms with E-state index in [1.54, 1.807) is 0 Å². The molecule has 0 aromatic heterocycles. The number of rotatable bonds is 8. The average Bonchev–Trinajstić information content (AvgIpc) is 3.43. The summed E-state index contributed by atoms with van der Waals surface area (Å²) in [5.41, 5.74) is 2.24. The van der Waals surface area contributed by atoms with Crippen molar-refractivity contribution in [2.75, 3.05) is 52.9 Å². The number of hydrogen-bond acceptors (Lipinski definition) is 8. The molecule has 1 fully saturated rings. The summed E-state index contributed by atoms with van der Waals surface area (Å²) in [5, 5.41) is 10.4. The van der Waals surface area contributed by atoms with Crippen LogP contribution in [-0.2, 0) is 17.9 Å². The maximum absolute atomic E-state index is 10.4. The van der Waals surface area contributed by atoms with Gasteiger partial charge in [0.2, 0.25) is 13.6 Å². The summed E-state index contributed by atoms with van der Waals surface area (Å²) in [6.45, 7) is 6.65. The summed E-state index contributed by atoms with van der Waals surface area (Å²) >= 11 is 0. The van der Waals surface area contributed by atoms with Gasteiger partial charge in [0.1, 0.15) is 0 Å². The molecule has 2 aromatic rings. The lowest BCUT2D eigenvalue weighted by molar-refractivity contribution is 0.000851. The van der Waals surface area contributed by atoms with E-state index in [0.29, 0.717) is 26.6 Å². The number of β-amino-alcohol motifs (C(OH)–C–C–N with tert-alkyl or cyclic N) is 1. The molecule has 1 atom stereocenters. The zero-order chi connectivity index (χ0) is 21.0. The molecule has 31 heavy (non-hydrogen) atoms. The van der Waals surface area contributed by atoms with E-state index in [1.165, 1.54) is 5.56 Å². The topological polar surface area (TPSA) is 72.9 Å². The van der Waals surface area contributed by atoms with Gasteiger partial charge in [0.25, 0.3) is 0 Å². The van der Waals surface area contributed by atoms with Gasteiger partial charge in [-0.05, 0) is 35.4 Å². The third-order valence-electron chi connectivity index (χ3n) is 5.79. The van der Waals surface area contributed by atoms with Crippen LogP contribution in [0.2, 0.25) is 0 Å². The van der Waals surface area contributed by atoms with E-state index < -0.39 is 6.10 Å². The lowest BCUT2D eigenvalue weighted by Crippen LogP contribution is -2.48. The fourth-order valence-corrected chi connectivity index (χ4v) is 4.12. The first-order chi connectivity index (χ1) is 15.2. The second-order valence-corrected chi connectivity index (χ2v) is 8.12. The largest absolute Gasteiger partial charge is 0.454 e. The van der Waals surface area contributed by atoms with Gasteiger partial charge >= 0.3 is 0 Å². The molecular formula is C23H28N2O6. The number of aliphatic hydroxyl groups excluding tert-OH is 1. The molecule has 3 heterocycles. The second kappa shape index (κ2) is 9.32. The summed E-state index contributed by atoms with van der Waals surface area (Å²) in [5.74, 6) is 3.17. The first kappa shape index (κ1) is 20.4. The molecule has 0 spiro atoms. The molecule has 166 valence electrons. The highest BCUT2D eigenvalue weighted by Gasteiger charge is 2.21. The normalized spacial score (nSPS) is 19.0. The molecule has 0 saturated carbocycles. The van der Waals surface area contributed by atoms with Gasteiger partial charge in [-0.15, -0.1) is 0 Å². The molecule has 2 aromatic carbocycles. The van der Waals surface area contributed by atoms with Crippen molar-refractivity contribution < 1.29 is 28.8 Å². The molecule has 0 aliphatic carbocycles. The molecule has 3 aliphatic rings. The van der Waals surface area contributed by atoms with Crippen LogP contribution in [0.25, 0.3) is 0 Å². The zero-order valence-corrected chi connectivity index (χ0v) is 17.5.